The summed E-state index contributed by atoms with van der Waals surface area (Å²) in [4.78, 5) is 42.8. The van der Waals surface area contributed by atoms with Crippen molar-refractivity contribution in [3.63, 3.8) is 0 Å². The molecular weight excluding hydrogens is 1010 g/mol. The van der Waals surface area contributed by atoms with Crippen molar-refractivity contribution in [2.75, 3.05) is 0 Å². The number of benzene rings is 6. The fourth-order valence-corrected chi connectivity index (χ4v) is 7.80. The average molecular weight is 1050 g/mol. The molecule has 0 saturated heterocycles. The molecule has 0 bridgehead atoms. The highest BCUT2D eigenvalue weighted by molar-refractivity contribution is 7.87. The minimum Gasteiger partial charge on any atom is -0.425 e. The van der Waals surface area contributed by atoms with Crippen molar-refractivity contribution in [2.45, 2.75) is 60.9 Å². The van der Waals surface area contributed by atoms with Crippen LogP contribution in [-0.2, 0) is 50.9 Å². The van der Waals surface area contributed by atoms with Crippen LogP contribution in [0.3, 0.4) is 0 Å². The van der Waals surface area contributed by atoms with Gasteiger partial charge in [-0.05, 0) is 83.4 Å². The van der Waals surface area contributed by atoms with Gasteiger partial charge in [-0.1, -0.05) is 75.4 Å². The molecule has 0 saturated carbocycles. The first-order valence-corrected chi connectivity index (χ1v) is 24.5. The first kappa shape index (κ1) is 56.0. The van der Waals surface area contributed by atoms with Crippen LogP contribution in [0.1, 0.15) is 45.6 Å². The molecule has 6 rings (SSSR count). The standard InChI is InChI=1S/C16H13F3O5S.C15H13FO5S.C15H13NO7S/c1-2-15(20)24-13-8-5-11(9-14(13)25(21,22)23)10-3-6-12(7-4-10)16(17,18)19;1-2-14(17)21-15-12(10-6-8-11(16)9-7-10)4-3-5-13(15)22(18,19)20;1-2-15(17)22-13-5-3-4-6-14(13)23-24(20,21)12-9-7-11(8-10-12)16(18)19/h3-9H,2H2,1H3,(H,21,22,23);3-9H,2H2,1H3,(H,18,19,20);3-10H,2H2,1H3. The van der Waals surface area contributed by atoms with Crippen LogP contribution in [0.2, 0.25) is 0 Å². The molecule has 376 valence electrons. The lowest BCUT2D eigenvalue weighted by Crippen LogP contribution is -2.12. The Morgan fingerprint density at radius 1 is 0.577 bits per heavy atom. The maximum Gasteiger partial charge on any atom is 0.416 e. The number of nitro groups is 1. The second kappa shape index (κ2) is 23.8. The van der Waals surface area contributed by atoms with Gasteiger partial charge in [0.15, 0.2) is 23.0 Å². The van der Waals surface area contributed by atoms with Gasteiger partial charge in [0.25, 0.3) is 25.9 Å². The van der Waals surface area contributed by atoms with E-state index in [4.69, 9.17) is 18.4 Å². The highest BCUT2D eigenvalue weighted by Gasteiger charge is 2.30. The van der Waals surface area contributed by atoms with Gasteiger partial charge in [0.05, 0.1) is 10.5 Å². The number of alkyl halides is 3. The smallest absolute Gasteiger partial charge is 0.416 e. The number of esters is 3. The number of hydrogen-bond donors (Lipinski definition) is 2. The molecule has 0 spiro atoms. The van der Waals surface area contributed by atoms with Crippen molar-refractivity contribution in [3.8, 4) is 45.3 Å². The van der Waals surface area contributed by atoms with E-state index in [-0.39, 0.29) is 64.0 Å². The lowest BCUT2D eigenvalue weighted by atomic mass is 10.0. The Morgan fingerprint density at radius 2 is 1.07 bits per heavy atom. The predicted molar refractivity (Wildman–Crippen MR) is 243 cm³/mol. The van der Waals surface area contributed by atoms with Crippen LogP contribution in [-0.4, -0.2) is 57.2 Å². The first-order valence-electron chi connectivity index (χ1n) is 20.2. The number of hydrogen-bond acceptors (Lipinski definition) is 15. The largest absolute Gasteiger partial charge is 0.425 e. The monoisotopic (exact) mass is 1050 g/mol. The number of non-ortho nitro benzene ring substituents is 1. The number of rotatable bonds is 14. The van der Waals surface area contributed by atoms with E-state index < -0.39 is 80.5 Å². The van der Waals surface area contributed by atoms with Crippen molar-refractivity contribution in [3.05, 3.63) is 155 Å². The molecule has 0 fully saturated rings. The fraction of sp³-hybridized carbons (Fsp3) is 0.152. The summed E-state index contributed by atoms with van der Waals surface area (Å²) < 4.78 is 160. The van der Waals surface area contributed by atoms with Crippen LogP contribution in [0.4, 0.5) is 23.2 Å². The van der Waals surface area contributed by atoms with E-state index in [1.165, 1.54) is 79.7 Å². The van der Waals surface area contributed by atoms with E-state index in [1.54, 1.807) is 19.9 Å². The minimum atomic E-state index is -4.71. The number of nitrogens with zero attached hydrogens (tertiary/aromatic N) is 1. The van der Waals surface area contributed by atoms with E-state index in [0.29, 0.717) is 11.1 Å². The zero-order valence-electron chi connectivity index (χ0n) is 37.0. The predicted octanol–water partition coefficient (Wildman–Crippen LogP) is 9.67. The summed E-state index contributed by atoms with van der Waals surface area (Å²) in [5.41, 5.74) is 0.151. The Hall–Kier alpha value is -7.58. The van der Waals surface area contributed by atoms with Gasteiger partial charge in [-0.25, -0.2) is 4.39 Å². The number of carbonyl (C=O) groups is 3. The van der Waals surface area contributed by atoms with Gasteiger partial charge in [-0.2, -0.15) is 38.4 Å². The molecule has 6 aromatic rings. The molecule has 0 radical (unpaired) electrons. The quantitative estimate of drug-likeness (QED) is 0.0195. The van der Waals surface area contributed by atoms with Crippen LogP contribution < -0.4 is 18.4 Å². The summed E-state index contributed by atoms with van der Waals surface area (Å²) in [6.45, 7) is 4.65. The van der Waals surface area contributed by atoms with Gasteiger partial charge in [0.2, 0.25) is 0 Å². The average Bonchev–Trinajstić information content (AvgIpc) is 3.32. The number of para-hydroxylation sites is 3. The van der Waals surface area contributed by atoms with Gasteiger partial charge in [0.1, 0.15) is 20.5 Å². The van der Waals surface area contributed by atoms with E-state index in [1.807, 2.05) is 0 Å². The van der Waals surface area contributed by atoms with Crippen LogP contribution in [0.25, 0.3) is 22.3 Å². The van der Waals surface area contributed by atoms with Crippen molar-refractivity contribution in [2.24, 2.45) is 0 Å². The third-order valence-corrected chi connectivity index (χ3v) is 12.1. The molecule has 0 atom stereocenters. The lowest BCUT2D eigenvalue weighted by Gasteiger charge is -2.13. The first-order chi connectivity index (χ1) is 33.2. The molecule has 0 heterocycles. The summed E-state index contributed by atoms with van der Waals surface area (Å²) in [5.74, 6) is -3.17. The fourth-order valence-electron chi connectivity index (χ4n) is 5.59. The summed E-state index contributed by atoms with van der Waals surface area (Å²) in [6, 6.07) is 26.9. The molecule has 0 unspecified atom stereocenters. The third-order valence-electron chi connectivity index (χ3n) is 9.09. The molecule has 0 aliphatic carbocycles. The van der Waals surface area contributed by atoms with Gasteiger partial charge < -0.3 is 18.4 Å². The lowest BCUT2D eigenvalue weighted by molar-refractivity contribution is -0.384. The molecule has 71 heavy (non-hydrogen) atoms. The van der Waals surface area contributed by atoms with Gasteiger partial charge in [-0.3, -0.25) is 33.6 Å². The highest BCUT2D eigenvalue weighted by Crippen LogP contribution is 2.37. The van der Waals surface area contributed by atoms with Gasteiger partial charge >= 0.3 is 34.2 Å². The number of carbonyl (C=O) groups excluding carboxylic acids is 3. The molecule has 0 aliphatic rings. The molecule has 25 heteroatoms. The molecule has 6 aromatic carbocycles. The number of halogens is 4. The van der Waals surface area contributed by atoms with E-state index in [9.17, 15) is 76.4 Å². The summed E-state index contributed by atoms with van der Waals surface area (Å²) in [5, 5.41) is 10.6. The van der Waals surface area contributed by atoms with Crippen molar-refractivity contribution < 1.29 is 89.6 Å². The highest BCUT2D eigenvalue weighted by atomic mass is 32.2. The van der Waals surface area contributed by atoms with Crippen molar-refractivity contribution in [1.82, 2.24) is 0 Å². The Kier molecular flexibility index (Phi) is 18.8. The van der Waals surface area contributed by atoms with Crippen LogP contribution in [0.5, 0.6) is 23.0 Å². The summed E-state index contributed by atoms with van der Waals surface area (Å²) >= 11 is 0. The SMILES string of the molecule is CCC(=O)Oc1c(-c2ccc(F)cc2)cccc1S(=O)(=O)O.CCC(=O)Oc1ccc(-c2ccc(C(F)(F)F)cc2)cc1S(=O)(=O)O.CCC(=O)Oc1ccccc1OS(=O)(=O)c1ccc([N+](=O)[O-])cc1. The summed E-state index contributed by atoms with van der Waals surface area (Å²) in [6.07, 6.45) is -4.35. The topological polar surface area (TPSA) is 274 Å². The van der Waals surface area contributed by atoms with E-state index in [0.717, 1.165) is 54.6 Å². The number of nitro benzene ring substituents is 1. The third kappa shape index (κ3) is 16.0. The zero-order valence-corrected chi connectivity index (χ0v) is 39.5. The van der Waals surface area contributed by atoms with E-state index in [2.05, 4.69) is 0 Å². The normalized spacial score (nSPS) is 11.4. The Balaban J connectivity index is 0.000000232. The Labute approximate surface area is 403 Å². The van der Waals surface area contributed by atoms with Crippen LogP contribution in [0.15, 0.2) is 148 Å². The van der Waals surface area contributed by atoms with Gasteiger partial charge in [0, 0.05) is 37.0 Å². The summed E-state index contributed by atoms with van der Waals surface area (Å²) in [7, 11) is -13.5. The minimum absolute atomic E-state index is 0.00836. The van der Waals surface area contributed by atoms with Crippen LogP contribution >= 0.6 is 0 Å². The molecule has 0 amide bonds. The maximum absolute atomic E-state index is 13.0. The molecule has 2 N–H and O–H groups in total. The second-order valence-electron chi connectivity index (χ2n) is 14.0. The second-order valence-corrected chi connectivity index (χ2v) is 18.4. The Morgan fingerprint density at radius 3 is 1.58 bits per heavy atom. The van der Waals surface area contributed by atoms with Crippen molar-refractivity contribution >= 4 is 53.9 Å². The molecule has 18 nitrogen and oxygen atoms in total. The van der Waals surface area contributed by atoms with Crippen LogP contribution in [0, 0.1) is 15.9 Å². The molecule has 0 aromatic heterocycles. The molecule has 0 aliphatic heterocycles. The number of ether oxygens (including phenoxy) is 3. The zero-order chi connectivity index (χ0) is 52.9. The van der Waals surface area contributed by atoms with Crippen molar-refractivity contribution in [1.29, 1.82) is 0 Å². The van der Waals surface area contributed by atoms with Gasteiger partial charge in [-0.15, -0.1) is 0 Å². The molecular formula is C46H39F4NO17S3. The van der Waals surface area contributed by atoms with E-state index >= 15 is 0 Å². The maximum atomic E-state index is 13.0. The Bertz CT molecular complexity index is 3240.